The molecule has 0 aromatic rings. The molecule has 0 spiro atoms. The number of hydrogen-bond donors (Lipinski definition) is 0. The van der Waals surface area contributed by atoms with Gasteiger partial charge in [0.05, 0.1) is 7.11 Å². The van der Waals surface area contributed by atoms with E-state index in [4.69, 9.17) is 4.74 Å². The normalized spacial score (nSPS) is 29.5. The summed E-state index contributed by atoms with van der Waals surface area (Å²) in [5.74, 6) is 0.850. The predicted molar refractivity (Wildman–Crippen MR) is 64.1 cm³/mol. The van der Waals surface area contributed by atoms with E-state index in [0.29, 0.717) is 11.3 Å². The lowest BCUT2D eigenvalue weighted by molar-refractivity contribution is -0.145. The van der Waals surface area contributed by atoms with Gasteiger partial charge < -0.3 is 4.74 Å². The van der Waals surface area contributed by atoms with Crippen molar-refractivity contribution in [2.45, 2.75) is 31.2 Å². The van der Waals surface area contributed by atoms with Crippen LogP contribution >= 0.6 is 11.8 Å². The van der Waals surface area contributed by atoms with Gasteiger partial charge in [-0.05, 0) is 6.92 Å². The topological polar surface area (TPSA) is 29.5 Å². The summed E-state index contributed by atoms with van der Waals surface area (Å²) in [5.41, 5.74) is 0. The van der Waals surface area contributed by atoms with Gasteiger partial charge in [0.25, 0.3) is 0 Å². The second-order valence-electron chi connectivity index (χ2n) is 3.76. The first kappa shape index (κ1) is 12.6. The lowest BCUT2D eigenvalue weighted by Gasteiger charge is -2.40. The van der Waals surface area contributed by atoms with Gasteiger partial charge in [-0.3, -0.25) is 9.69 Å². The third-order valence-corrected chi connectivity index (χ3v) is 4.29. The smallest absolute Gasteiger partial charge is 0.327 e. The largest absolute Gasteiger partial charge is 0.468 e. The van der Waals surface area contributed by atoms with Crippen LogP contribution < -0.4 is 0 Å². The standard InChI is InChI=1S/C11H19NO2S/c1-5-10(11(13)14-4)12-6-7-15-9(3)8(12)2/h5,8-10H,1,6-7H2,2-4H3. The predicted octanol–water partition coefficient (Wildman–Crippen LogP) is 1.54. The first-order valence-corrected chi connectivity index (χ1v) is 6.24. The minimum atomic E-state index is -0.298. The number of thioether (sulfide) groups is 1. The SMILES string of the molecule is C=CC(C(=O)OC)N1CCSC(C)C1C. The molecule has 0 radical (unpaired) electrons. The Bertz CT molecular complexity index is 245. The molecule has 0 aromatic carbocycles. The first-order chi connectivity index (χ1) is 7.11. The van der Waals surface area contributed by atoms with Crippen LogP contribution in [-0.2, 0) is 9.53 Å². The zero-order valence-corrected chi connectivity index (χ0v) is 10.4. The molecule has 3 nitrogen and oxygen atoms in total. The number of carbonyl (C=O) groups excluding carboxylic acids is 1. The Labute approximate surface area is 95.9 Å². The quantitative estimate of drug-likeness (QED) is 0.542. The number of carbonyl (C=O) groups is 1. The van der Waals surface area contributed by atoms with Crippen molar-refractivity contribution < 1.29 is 9.53 Å². The summed E-state index contributed by atoms with van der Waals surface area (Å²) in [7, 11) is 1.42. The molecule has 1 saturated heterocycles. The van der Waals surface area contributed by atoms with Crippen molar-refractivity contribution in [3.05, 3.63) is 12.7 Å². The molecule has 1 fully saturated rings. The Hall–Kier alpha value is -0.480. The van der Waals surface area contributed by atoms with Crippen LogP contribution in [0.4, 0.5) is 0 Å². The van der Waals surface area contributed by atoms with Gasteiger partial charge in [-0.1, -0.05) is 13.0 Å². The summed E-state index contributed by atoms with van der Waals surface area (Å²) in [5, 5.41) is 0.547. The van der Waals surface area contributed by atoms with E-state index in [9.17, 15) is 4.79 Å². The van der Waals surface area contributed by atoms with Crippen molar-refractivity contribution >= 4 is 17.7 Å². The molecule has 0 aliphatic carbocycles. The summed E-state index contributed by atoms with van der Waals surface area (Å²) in [4.78, 5) is 13.7. The first-order valence-electron chi connectivity index (χ1n) is 5.19. The van der Waals surface area contributed by atoms with Crippen LogP contribution in [0.15, 0.2) is 12.7 Å². The monoisotopic (exact) mass is 229 g/mol. The molecule has 4 heteroatoms. The van der Waals surface area contributed by atoms with Crippen molar-refractivity contribution in [1.29, 1.82) is 0 Å². The van der Waals surface area contributed by atoms with E-state index in [1.807, 2.05) is 11.8 Å². The molecule has 1 aliphatic rings. The van der Waals surface area contributed by atoms with Crippen molar-refractivity contribution in [1.82, 2.24) is 4.90 Å². The molecular weight excluding hydrogens is 210 g/mol. The summed E-state index contributed by atoms with van der Waals surface area (Å²) in [6.07, 6.45) is 1.67. The van der Waals surface area contributed by atoms with Crippen LogP contribution in [0.25, 0.3) is 0 Å². The molecule has 0 aromatic heterocycles. The fraction of sp³-hybridized carbons (Fsp3) is 0.727. The minimum absolute atomic E-state index is 0.212. The highest BCUT2D eigenvalue weighted by Gasteiger charge is 2.33. The third-order valence-electron chi connectivity index (χ3n) is 2.96. The number of rotatable bonds is 3. The van der Waals surface area contributed by atoms with Crippen molar-refractivity contribution in [2.75, 3.05) is 19.4 Å². The molecule has 15 heavy (non-hydrogen) atoms. The highest BCUT2D eigenvalue weighted by atomic mass is 32.2. The number of methoxy groups -OCH3 is 1. The fourth-order valence-corrected chi connectivity index (χ4v) is 2.96. The van der Waals surface area contributed by atoms with Crippen LogP contribution in [0.5, 0.6) is 0 Å². The van der Waals surface area contributed by atoms with Gasteiger partial charge in [0.2, 0.25) is 0 Å². The summed E-state index contributed by atoms with van der Waals surface area (Å²) >= 11 is 1.95. The minimum Gasteiger partial charge on any atom is -0.468 e. The summed E-state index contributed by atoms with van der Waals surface area (Å²) < 4.78 is 4.78. The van der Waals surface area contributed by atoms with Crippen molar-refractivity contribution in [3.8, 4) is 0 Å². The van der Waals surface area contributed by atoms with E-state index >= 15 is 0 Å². The molecule has 3 unspecified atom stereocenters. The van der Waals surface area contributed by atoms with Crippen LogP contribution in [0.3, 0.4) is 0 Å². The highest BCUT2D eigenvalue weighted by molar-refractivity contribution is 8.00. The molecule has 86 valence electrons. The Kier molecular flexibility index (Phi) is 4.67. The van der Waals surface area contributed by atoms with E-state index in [1.165, 1.54) is 7.11 Å². The van der Waals surface area contributed by atoms with E-state index < -0.39 is 0 Å². The number of nitrogens with zero attached hydrogens (tertiary/aromatic N) is 1. The number of esters is 1. The molecular formula is C11H19NO2S. The van der Waals surface area contributed by atoms with Gasteiger partial charge in [-0.25, -0.2) is 0 Å². The maximum Gasteiger partial charge on any atom is 0.327 e. The Morgan fingerprint density at radius 3 is 2.87 bits per heavy atom. The van der Waals surface area contributed by atoms with Crippen LogP contribution in [0, 0.1) is 0 Å². The van der Waals surface area contributed by atoms with Crippen LogP contribution in [0.1, 0.15) is 13.8 Å². The average Bonchev–Trinajstić information content (AvgIpc) is 2.24. The van der Waals surface area contributed by atoms with E-state index in [0.717, 1.165) is 12.3 Å². The van der Waals surface area contributed by atoms with Crippen molar-refractivity contribution in [3.63, 3.8) is 0 Å². The Balaban J connectivity index is 2.74. The van der Waals surface area contributed by atoms with Gasteiger partial charge >= 0.3 is 5.97 Å². The average molecular weight is 229 g/mol. The Morgan fingerprint density at radius 1 is 1.67 bits per heavy atom. The second kappa shape index (κ2) is 5.56. The molecule has 0 bridgehead atoms. The van der Waals surface area contributed by atoms with E-state index in [-0.39, 0.29) is 12.0 Å². The molecule has 1 heterocycles. The lowest BCUT2D eigenvalue weighted by Crippen LogP contribution is -2.52. The van der Waals surface area contributed by atoms with Crippen molar-refractivity contribution in [2.24, 2.45) is 0 Å². The van der Waals surface area contributed by atoms with Crippen LogP contribution in [0.2, 0.25) is 0 Å². The lowest BCUT2D eigenvalue weighted by atomic mass is 10.1. The maximum absolute atomic E-state index is 11.6. The van der Waals surface area contributed by atoms with Gasteiger partial charge in [-0.2, -0.15) is 11.8 Å². The van der Waals surface area contributed by atoms with Crippen LogP contribution in [-0.4, -0.2) is 47.6 Å². The zero-order valence-electron chi connectivity index (χ0n) is 9.60. The second-order valence-corrected chi connectivity index (χ2v) is 5.24. The van der Waals surface area contributed by atoms with Gasteiger partial charge in [0.1, 0.15) is 6.04 Å². The Morgan fingerprint density at radius 2 is 2.33 bits per heavy atom. The molecule has 1 rings (SSSR count). The molecule has 0 saturated carbocycles. The third kappa shape index (κ3) is 2.75. The number of hydrogen-bond acceptors (Lipinski definition) is 4. The van der Waals surface area contributed by atoms with Gasteiger partial charge in [0.15, 0.2) is 0 Å². The molecule has 3 atom stereocenters. The van der Waals surface area contributed by atoms with Gasteiger partial charge in [0, 0.05) is 23.6 Å². The summed E-state index contributed by atoms with van der Waals surface area (Å²) in [6.45, 7) is 8.98. The van der Waals surface area contributed by atoms with E-state index in [2.05, 4.69) is 25.3 Å². The number of ether oxygens (including phenoxy) is 1. The van der Waals surface area contributed by atoms with E-state index in [1.54, 1.807) is 6.08 Å². The fourth-order valence-electron chi connectivity index (χ4n) is 1.84. The summed E-state index contributed by atoms with van der Waals surface area (Å²) in [6, 6.07) is 0.0826. The van der Waals surface area contributed by atoms with Gasteiger partial charge in [-0.15, -0.1) is 6.58 Å². The molecule has 0 amide bonds. The molecule has 0 N–H and O–H groups in total. The molecule has 1 aliphatic heterocycles. The highest BCUT2D eigenvalue weighted by Crippen LogP contribution is 2.26. The maximum atomic E-state index is 11.6. The zero-order chi connectivity index (χ0) is 11.4.